The highest BCUT2D eigenvalue weighted by Gasteiger charge is 2.25. The Labute approximate surface area is 357 Å². The molecule has 2 aromatic heterocycles. The Bertz CT molecular complexity index is 3580. The fourth-order valence-electron chi connectivity index (χ4n) is 9.11. The standard InChI is InChI=1S/C58H37NOS/c1-2-12-38(13-3-1)43-16-10-17-45(37-43)49-34-35-51-50-18-6-8-21-53(50)60-58(51)57(49)59(46-30-26-40(27-31-46)44-25-24-39-14-4-5-15-42(39)36-44)47-32-28-41(29-33-47)48-20-11-23-55-56(48)52-19-7-9-22-54(52)61-55/h1-37H. The topological polar surface area (TPSA) is 16.4 Å². The Morgan fingerprint density at radius 1 is 0.344 bits per heavy atom. The van der Waals surface area contributed by atoms with Crippen LogP contribution >= 0.6 is 11.3 Å². The summed E-state index contributed by atoms with van der Waals surface area (Å²) >= 11 is 1.86. The number of rotatable bonds is 7. The van der Waals surface area contributed by atoms with E-state index in [0.29, 0.717) is 0 Å². The van der Waals surface area contributed by atoms with Crippen molar-refractivity contribution in [2.45, 2.75) is 0 Å². The third-order valence-electron chi connectivity index (χ3n) is 12.1. The third-order valence-corrected chi connectivity index (χ3v) is 13.2. The Kier molecular flexibility index (Phi) is 8.39. The first kappa shape index (κ1) is 35.2. The van der Waals surface area contributed by atoms with E-state index in [1.807, 2.05) is 17.4 Å². The first-order chi connectivity index (χ1) is 30.2. The highest BCUT2D eigenvalue weighted by molar-refractivity contribution is 7.25. The summed E-state index contributed by atoms with van der Waals surface area (Å²) < 4.78 is 9.56. The molecule has 2 nitrogen and oxygen atoms in total. The van der Waals surface area contributed by atoms with E-state index in [1.54, 1.807) is 0 Å². The highest BCUT2D eigenvalue weighted by atomic mass is 32.1. The number of thiophene rings is 1. The molecule has 0 amide bonds. The second-order valence-corrected chi connectivity index (χ2v) is 16.7. The molecule has 2 heterocycles. The van der Waals surface area contributed by atoms with Gasteiger partial charge in [-0.1, -0.05) is 164 Å². The molecule has 0 saturated carbocycles. The summed E-state index contributed by atoms with van der Waals surface area (Å²) in [6, 6.07) is 81.1. The molecule has 0 spiro atoms. The van der Waals surface area contributed by atoms with Crippen LogP contribution in [0.3, 0.4) is 0 Å². The summed E-state index contributed by atoms with van der Waals surface area (Å²) in [5.41, 5.74) is 14.1. The fraction of sp³-hybridized carbons (Fsp3) is 0. The lowest BCUT2D eigenvalue weighted by atomic mass is 9.95. The van der Waals surface area contributed by atoms with E-state index in [4.69, 9.17) is 4.42 Å². The van der Waals surface area contributed by atoms with Crippen molar-refractivity contribution in [2.75, 3.05) is 4.90 Å². The Morgan fingerprint density at radius 3 is 1.79 bits per heavy atom. The minimum absolute atomic E-state index is 0.848. The maximum atomic E-state index is 6.95. The van der Waals surface area contributed by atoms with Crippen molar-refractivity contribution in [3.63, 3.8) is 0 Å². The SMILES string of the molecule is c1ccc(-c2cccc(-c3ccc4c(oc5ccccc54)c3N(c3ccc(-c4ccc5ccccc5c4)cc3)c3ccc(-c4cccc5sc6ccccc6c45)cc3)c2)cc1. The summed E-state index contributed by atoms with van der Waals surface area (Å²) in [6.07, 6.45) is 0. The van der Waals surface area contributed by atoms with E-state index in [1.165, 1.54) is 64.3 Å². The van der Waals surface area contributed by atoms with Crippen LogP contribution in [-0.2, 0) is 0 Å². The van der Waals surface area contributed by atoms with Gasteiger partial charge in [0.2, 0.25) is 0 Å². The van der Waals surface area contributed by atoms with E-state index in [0.717, 1.165) is 50.1 Å². The van der Waals surface area contributed by atoms with Gasteiger partial charge in [-0.3, -0.25) is 0 Å². The van der Waals surface area contributed by atoms with Gasteiger partial charge in [0.15, 0.2) is 5.58 Å². The molecule has 0 aliphatic heterocycles. The third kappa shape index (κ3) is 6.09. The maximum Gasteiger partial charge on any atom is 0.160 e. The van der Waals surface area contributed by atoms with E-state index in [2.05, 4.69) is 223 Å². The monoisotopic (exact) mass is 795 g/mol. The van der Waals surface area contributed by atoms with Gasteiger partial charge in [-0.15, -0.1) is 11.3 Å². The van der Waals surface area contributed by atoms with Crippen LogP contribution in [0.2, 0.25) is 0 Å². The second kappa shape index (κ2) is 14.5. The molecule has 0 atom stereocenters. The fourth-order valence-corrected chi connectivity index (χ4v) is 10.2. The quantitative estimate of drug-likeness (QED) is 0.160. The number of hydrogen-bond acceptors (Lipinski definition) is 3. The molecule has 10 aromatic carbocycles. The maximum absolute atomic E-state index is 6.95. The molecule has 12 aromatic rings. The van der Waals surface area contributed by atoms with Gasteiger partial charge in [-0.2, -0.15) is 0 Å². The van der Waals surface area contributed by atoms with Crippen LogP contribution < -0.4 is 4.90 Å². The number of benzene rings is 10. The summed E-state index contributed by atoms with van der Waals surface area (Å²) in [4.78, 5) is 2.39. The lowest BCUT2D eigenvalue weighted by Gasteiger charge is -2.28. The zero-order valence-corrected chi connectivity index (χ0v) is 33.9. The van der Waals surface area contributed by atoms with Crippen molar-refractivity contribution >= 4 is 81.3 Å². The van der Waals surface area contributed by atoms with Gasteiger partial charge < -0.3 is 9.32 Å². The normalized spacial score (nSPS) is 11.6. The predicted molar refractivity (Wildman–Crippen MR) is 261 cm³/mol. The number of nitrogens with zero attached hydrogens (tertiary/aromatic N) is 1. The summed E-state index contributed by atoms with van der Waals surface area (Å²) in [7, 11) is 0. The van der Waals surface area contributed by atoms with Crippen LogP contribution in [0.15, 0.2) is 229 Å². The van der Waals surface area contributed by atoms with Gasteiger partial charge in [0, 0.05) is 47.9 Å². The number of fused-ring (bicyclic) bond motifs is 7. The van der Waals surface area contributed by atoms with Crippen molar-refractivity contribution in [3.8, 4) is 44.5 Å². The average Bonchev–Trinajstić information content (AvgIpc) is 3.91. The van der Waals surface area contributed by atoms with Crippen molar-refractivity contribution in [3.05, 3.63) is 224 Å². The van der Waals surface area contributed by atoms with Gasteiger partial charge in [0.05, 0.1) is 5.69 Å². The molecular formula is C58H37NOS. The van der Waals surface area contributed by atoms with E-state index < -0.39 is 0 Å². The van der Waals surface area contributed by atoms with Crippen LogP contribution in [-0.4, -0.2) is 0 Å². The van der Waals surface area contributed by atoms with Gasteiger partial charge in [-0.05, 0) is 110 Å². The van der Waals surface area contributed by atoms with Crippen LogP contribution in [0.1, 0.15) is 0 Å². The lowest BCUT2D eigenvalue weighted by Crippen LogP contribution is -2.11. The Hall–Kier alpha value is -7.72. The summed E-state index contributed by atoms with van der Waals surface area (Å²) in [5.74, 6) is 0. The number of para-hydroxylation sites is 1. The molecular weight excluding hydrogens is 759 g/mol. The first-order valence-electron chi connectivity index (χ1n) is 20.7. The average molecular weight is 796 g/mol. The zero-order chi connectivity index (χ0) is 40.3. The minimum Gasteiger partial charge on any atom is -0.454 e. The summed E-state index contributed by atoms with van der Waals surface area (Å²) in [5, 5.41) is 7.26. The molecule has 12 rings (SSSR count). The predicted octanol–water partition coefficient (Wildman–Crippen LogP) is 17.2. The molecule has 3 heteroatoms. The van der Waals surface area contributed by atoms with E-state index >= 15 is 0 Å². The second-order valence-electron chi connectivity index (χ2n) is 15.7. The van der Waals surface area contributed by atoms with Crippen LogP contribution in [0.5, 0.6) is 0 Å². The summed E-state index contributed by atoms with van der Waals surface area (Å²) in [6.45, 7) is 0. The molecule has 0 fully saturated rings. The van der Waals surface area contributed by atoms with Crippen LogP contribution in [0, 0.1) is 0 Å². The van der Waals surface area contributed by atoms with Gasteiger partial charge >= 0.3 is 0 Å². The number of hydrogen-bond donors (Lipinski definition) is 0. The molecule has 0 bridgehead atoms. The molecule has 0 saturated heterocycles. The van der Waals surface area contributed by atoms with Crippen LogP contribution in [0.25, 0.3) is 97.4 Å². The van der Waals surface area contributed by atoms with Crippen molar-refractivity contribution in [1.82, 2.24) is 0 Å². The first-order valence-corrected chi connectivity index (χ1v) is 21.6. The largest absolute Gasteiger partial charge is 0.454 e. The molecule has 0 unspecified atom stereocenters. The van der Waals surface area contributed by atoms with Gasteiger partial charge in [0.1, 0.15) is 5.58 Å². The zero-order valence-electron chi connectivity index (χ0n) is 33.1. The Balaban J connectivity index is 1.07. The van der Waals surface area contributed by atoms with E-state index in [9.17, 15) is 0 Å². The van der Waals surface area contributed by atoms with Gasteiger partial charge in [0.25, 0.3) is 0 Å². The van der Waals surface area contributed by atoms with Crippen molar-refractivity contribution in [1.29, 1.82) is 0 Å². The molecule has 286 valence electrons. The molecule has 61 heavy (non-hydrogen) atoms. The molecule has 0 N–H and O–H groups in total. The lowest BCUT2D eigenvalue weighted by molar-refractivity contribution is 0.669. The Morgan fingerprint density at radius 2 is 0.951 bits per heavy atom. The molecule has 0 aliphatic carbocycles. The molecule has 0 radical (unpaired) electrons. The van der Waals surface area contributed by atoms with E-state index in [-0.39, 0.29) is 0 Å². The van der Waals surface area contributed by atoms with Crippen molar-refractivity contribution < 1.29 is 4.42 Å². The van der Waals surface area contributed by atoms with Crippen molar-refractivity contribution in [2.24, 2.45) is 0 Å². The highest BCUT2D eigenvalue weighted by Crippen LogP contribution is 2.49. The number of anilines is 3. The number of furan rings is 1. The smallest absolute Gasteiger partial charge is 0.160 e. The minimum atomic E-state index is 0.848. The van der Waals surface area contributed by atoms with Crippen LogP contribution in [0.4, 0.5) is 17.1 Å². The van der Waals surface area contributed by atoms with Gasteiger partial charge in [-0.25, -0.2) is 0 Å². The molecule has 0 aliphatic rings.